The molecule has 1 aliphatic heterocycles. The van der Waals surface area contributed by atoms with E-state index in [2.05, 4.69) is 20.3 Å². The van der Waals surface area contributed by atoms with Crippen LogP contribution in [0.5, 0.6) is 0 Å². The quantitative estimate of drug-likeness (QED) is 0.680. The molecule has 1 aliphatic carbocycles. The standard InChI is InChI=1S/C15H21N5O.CH4O/c16-15-14-13(18-8-19-15)11(6-17-14)12-5-4-9(20-12)7-21-10-2-1-3-10;1-2/h6,8-10,12,17,20H,1-5,7H2,(H2,16,18,19);2H,1H3. The molecule has 2 aromatic heterocycles. The van der Waals surface area contributed by atoms with Crippen LogP contribution in [0.15, 0.2) is 12.5 Å². The van der Waals surface area contributed by atoms with Crippen LogP contribution in [0, 0.1) is 0 Å². The van der Waals surface area contributed by atoms with E-state index in [9.17, 15) is 0 Å². The van der Waals surface area contributed by atoms with Crippen LogP contribution in [0.4, 0.5) is 5.82 Å². The second-order valence-corrected chi connectivity index (χ2v) is 6.11. The number of H-pyrrole nitrogens is 1. The summed E-state index contributed by atoms with van der Waals surface area (Å²) < 4.78 is 5.92. The molecule has 3 heterocycles. The Bertz CT molecular complexity index is 640. The number of fused-ring (bicyclic) bond motifs is 1. The predicted molar refractivity (Wildman–Crippen MR) is 88.9 cm³/mol. The molecule has 2 unspecified atom stereocenters. The number of aliphatic hydroxyl groups excluding tert-OH is 1. The maximum absolute atomic E-state index is 7.00. The van der Waals surface area contributed by atoms with Gasteiger partial charge in [-0.25, -0.2) is 9.97 Å². The minimum atomic E-state index is 0.322. The average Bonchev–Trinajstić information content (AvgIpc) is 3.15. The summed E-state index contributed by atoms with van der Waals surface area (Å²) in [5.41, 5.74) is 8.83. The molecule has 0 radical (unpaired) electrons. The number of anilines is 1. The van der Waals surface area contributed by atoms with E-state index in [0.29, 0.717) is 24.0 Å². The molecule has 2 aromatic rings. The fourth-order valence-corrected chi connectivity index (χ4v) is 3.23. The van der Waals surface area contributed by atoms with Crippen molar-refractivity contribution in [1.29, 1.82) is 0 Å². The lowest BCUT2D eigenvalue weighted by Crippen LogP contribution is -2.32. The molecule has 1 saturated heterocycles. The summed E-state index contributed by atoms with van der Waals surface area (Å²) in [4.78, 5) is 11.6. The summed E-state index contributed by atoms with van der Waals surface area (Å²) in [6.07, 6.45) is 10.1. The second kappa shape index (κ2) is 7.25. The van der Waals surface area contributed by atoms with Crippen LogP contribution in [0.3, 0.4) is 0 Å². The van der Waals surface area contributed by atoms with E-state index in [1.807, 2.05) is 6.20 Å². The Labute approximate surface area is 135 Å². The van der Waals surface area contributed by atoms with Crippen LogP contribution in [0.25, 0.3) is 11.0 Å². The van der Waals surface area contributed by atoms with Gasteiger partial charge in [0, 0.05) is 31.0 Å². The van der Waals surface area contributed by atoms with Crippen molar-refractivity contribution < 1.29 is 9.84 Å². The van der Waals surface area contributed by atoms with E-state index in [1.165, 1.54) is 31.2 Å². The molecule has 7 nitrogen and oxygen atoms in total. The maximum Gasteiger partial charge on any atom is 0.151 e. The summed E-state index contributed by atoms with van der Waals surface area (Å²) in [6.45, 7) is 0.820. The van der Waals surface area contributed by atoms with Gasteiger partial charge in [0.15, 0.2) is 5.82 Å². The number of ether oxygens (including phenoxy) is 1. The molecule has 1 saturated carbocycles. The van der Waals surface area contributed by atoms with Crippen LogP contribution in [0.1, 0.15) is 43.7 Å². The van der Waals surface area contributed by atoms with Gasteiger partial charge in [-0.2, -0.15) is 0 Å². The third-order valence-electron chi connectivity index (χ3n) is 4.72. The molecule has 2 fully saturated rings. The normalized spacial score (nSPS) is 24.3. The highest BCUT2D eigenvalue weighted by Crippen LogP contribution is 2.32. The van der Waals surface area contributed by atoms with Crippen molar-refractivity contribution in [2.45, 2.75) is 50.3 Å². The van der Waals surface area contributed by atoms with Crippen LogP contribution in [-0.4, -0.2) is 45.9 Å². The van der Waals surface area contributed by atoms with Crippen LogP contribution < -0.4 is 11.1 Å². The largest absolute Gasteiger partial charge is 0.400 e. The summed E-state index contributed by atoms with van der Waals surface area (Å²) in [5, 5.41) is 10.7. The summed E-state index contributed by atoms with van der Waals surface area (Å²) in [6, 6.07) is 0.766. The molecule has 2 aliphatic rings. The van der Waals surface area contributed by atoms with Gasteiger partial charge in [0.2, 0.25) is 0 Å². The number of nitrogens with one attached hydrogen (secondary N) is 2. The van der Waals surface area contributed by atoms with Crippen molar-refractivity contribution in [3.8, 4) is 0 Å². The number of rotatable bonds is 4. The first-order valence-electron chi connectivity index (χ1n) is 8.21. The van der Waals surface area contributed by atoms with E-state index >= 15 is 0 Å². The third kappa shape index (κ3) is 3.31. The number of hydrogen-bond donors (Lipinski definition) is 4. The van der Waals surface area contributed by atoms with Gasteiger partial charge < -0.3 is 25.9 Å². The minimum absolute atomic E-state index is 0.322. The predicted octanol–water partition coefficient (Wildman–Crippen LogP) is 1.51. The number of aromatic amines is 1. The Morgan fingerprint density at radius 1 is 1.26 bits per heavy atom. The van der Waals surface area contributed by atoms with Crippen molar-refractivity contribution in [3.63, 3.8) is 0 Å². The van der Waals surface area contributed by atoms with Crippen molar-refractivity contribution in [3.05, 3.63) is 18.1 Å². The molecule has 2 atom stereocenters. The van der Waals surface area contributed by atoms with Gasteiger partial charge in [-0.15, -0.1) is 0 Å². The summed E-state index contributed by atoms with van der Waals surface area (Å²) >= 11 is 0. The molecule has 0 spiro atoms. The number of aromatic nitrogens is 3. The van der Waals surface area contributed by atoms with Gasteiger partial charge in [-0.3, -0.25) is 0 Å². The van der Waals surface area contributed by atoms with E-state index < -0.39 is 0 Å². The summed E-state index contributed by atoms with van der Waals surface area (Å²) in [7, 11) is 1.00. The van der Waals surface area contributed by atoms with Crippen molar-refractivity contribution >= 4 is 16.9 Å². The first-order chi connectivity index (χ1) is 11.3. The van der Waals surface area contributed by atoms with Gasteiger partial charge in [0.25, 0.3) is 0 Å². The van der Waals surface area contributed by atoms with Crippen molar-refractivity contribution in [2.75, 3.05) is 19.5 Å². The zero-order chi connectivity index (χ0) is 16.2. The molecule has 7 heteroatoms. The number of nitrogens with zero attached hydrogens (tertiary/aromatic N) is 2. The number of nitrogens with two attached hydrogens (primary N) is 1. The lowest BCUT2D eigenvalue weighted by molar-refractivity contribution is -0.00675. The van der Waals surface area contributed by atoms with E-state index in [4.69, 9.17) is 15.6 Å². The highest BCUT2D eigenvalue weighted by Gasteiger charge is 2.29. The SMILES string of the molecule is CO.Nc1ncnc2c(C3CCC(COC4CCC4)N3)c[nH]c12. The average molecular weight is 319 g/mol. The molecule has 4 rings (SSSR count). The minimum Gasteiger partial charge on any atom is -0.400 e. The van der Waals surface area contributed by atoms with Gasteiger partial charge in [-0.1, -0.05) is 0 Å². The second-order valence-electron chi connectivity index (χ2n) is 6.11. The molecule has 23 heavy (non-hydrogen) atoms. The monoisotopic (exact) mass is 319 g/mol. The Morgan fingerprint density at radius 3 is 2.83 bits per heavy atom. The topological polar surface area (TPSA) is 109 Å². The fraction of sp³-hybridized carbons (Fsp3) is 0.625. The van der Waals surface area contributed by atoms with Crippen LogP contribution in [-0.2, 0) is 4.74 Å². The number of nitrogen functional groups attached to an aromatic ring is 1. The Hall–Kier alpha value is -1.70. The molecular weight excluding hydrogens is 294 g/mol. The lowest BCUT2D eigenvalue weighted by Gasteiger charge is -2.27. The highest BCUT2D eigenvalue weighted by molar-refractivity contribution is 5.87. The fourth-order valence-electron chi connectivity index (χ4n) is 3.23. The van der Waals surface area contributed by atoms with E-state index in [0.717, 1.165) is 37.6 Å². The van der Waals surface area contributed by atoms with E-state index in [1.54, 1.807) is 0 Å². The zero-order valence-corrected chi connectivity index (χ0v) is 13.5. The Kier molecular flexibility index (Phi) is 5.09. The van der Waals surface area contributed by atoms with Crippen molar-refractivity contribution in [1.82, 2.24) is 20.3 Å². The third-order valence-corrected chi connectivity index (χ3v) is 4.72. The van der Waals surface area contributed by atoms with Gasteiger partial charge in [0.1, 0.15) is 11.8 Å². The summed E-state index contributed by atoms with van der Waals surface area (Å²) in [5.74, 6) is 0.508. The van der Waals surface area contributed by atoms with Crippen LogP contribution in [0.2, 0.25) is 0 Å². The van der Waals surface area contributed by atoms with Crippen molar-refractivity contribution in [2.24, 2.45) is 0 Å². The highest BCUT2D eigenvalue weighted by atomic mass is 16.5. The first-order valence-corrected chi connectivity index (χ1v) is 8.21. The molecule has 5 N–H and O–H groups in total. The molecule has 0 amide bonds. The Balaban J connectivity index is 0.000000753. The molecule has 0 aromatic carbocycles. The number of hydrogen-bond acceptors (Lipinski definition) is 6. The van der Waals surface area contributed by atoms with Crippen LogP contribution >= 0.6 is 0 Å². The zero-order valence-electron chi connectivity index (χ0n) is 13.5. The molecule has 0 bridgehead atoms. The van der Waals surface area contributed by atoms with Gasteiger partial charge in [-0.05, 0) is 32.1 Å². The maximum atomic E-state index is 7.00. The smallest absolute Gasteiger partial charge is 0.151 e. The first kappa shape index (κ1) is 16.2. The molecular formula is C16H25N5O2. The Morgan fingerprint density at radius 2 is 2.09 bits per heavy atom. The van der Waals surface area contributed by atoms with Gasteiger partial charge >= 0.3 is 0 Å². The molecule has 126 valence electrons. The van der Waals surface area contributed by atoms with Gasteiger partial charge in [0.05, 0.1) is 18.2 Å². The lowest BCUT2D eigenvalue weighted by atomic mass is 9.96. The van der Waals surface area contributed by atoms with E-state index in [-0.39, 0.29) is 0 Å². The number of aliphatic hydroxyl groups is 1.